The van der Waals surface area contributed by atoms with Crippen LogP contribution in [-0.4, -0.2) is 40.8 Å². The van der Waals surface area contributed by atoms with Crippen LogP contribution in [0.15, 0.2) is 47.9 Å². The second-order valence-corrected chi connectivity index (χ2v) is 7.40. The highest BCUT2D eigenvalue weighted by Gasteiger charge is 2.49. The minimum Gasteiger partial charge on any atom is -1.00 e. The number of rotatable bonds is 7. The van der Waals surface area contributed by atoms with Gasteiger partial charge in [0.25, 0.3) is 0 Å². The Kier molecular flexibility index (Phi) is 7.81. The number of halogens is 4. The Labute approximate surface area is 160 Å². The second-order valence-electron chi connectivity index (χ2n) is 5.48. The maximum absolute atomic E-state index is 13.0. The van der Waals surface area contributed by atoms with Crippen molar-refractivity contribution in [1.82, 2.24) is 8.87 Å². The predicted molar refractivity (Wildman–Crippen MR) is 86.8 cm³/mol. The maximum Gasteiger partial charge on any atom is 0.511 e. The lowest BCUT2D eigenvalue weighted by atomic mass is 10.2. The Morgan fingerprint density at radius 2 is 1.93 bits per heavy atom. The number of hydrogen-bond acceptors (Lipinski definition) is 4. The topological polar surface area (TPSA) is 78.8 Å². The normalized spacial score (nSPS) is 12.5. The highest BCUT2D eigenvalue weighted by Crippen LogP contribution is 2.28. The van der Waals surface area contributed by atoms with Crippen LogP contribution in [-0.2, 0) is 30.2 Å². The molecule has 0 unspecified atom stereocenters. The van der Waals surface area contributed by atoms with Crippen LogP contribution in [0.1, 0.15) is 11.4 Å². The average molecular weight is 427 g/mol. The molecule has 0 aliphatic carbocycles. The standard InChI is InChI=1S/C15H17F3N4O3S.ClH/c1-20-7-8-21(14(20)11-19-23)9-10-22(26(24,25)15(16,17)18)12-13-5-3-2-4-6-13;/h2-8,11H,9-10,12H2,1H3;1H. The molecule has 0 radical (unpaired) electrons. The largest absolute Gasteiger partial charge is 1.00 e. The second kappa shape index (κ2) is 9.20. The van der Waals surface area contributed by atoms with Crippen molar-refractivity contribution in [2.24, 2.45) is 12.2 Å². The SMILES string of the molecule is C[n+]1ccn(CCN(Cc2ccccc2)S(=O)(=O)C(F)(F)F)c1/C=N/O.[Cl-]. The Balaban J connectivity index is 0.00000364. The third-order valence-electron chi connectivity index (χ3n) is 3.72. The molecule has 2 rings (SSSR count). The van der Waals surface area contributed by atoms with E-state index in [1.807, 2.05) is 0 Å². The zero-order chi connectivity index (χ0) is 19.4. The van der Waals surface area contributed by atoms with Crippen LogP contribution in [0.25, 0.3) is 0 Å². The van der Waals surface area contributed by atoms with Gasteiger partial charge in [-0.25, -0.2) is 17.6 Å². The van der Waals surface area contributed by atoms with Crippen LogP contribution in [0.2, 0.25) is 0 Å². The monoisotopic (exact) mass is 426 g/mol. The van der Waals surface area contributed by atoms with Crippen LogP contribution in [0.5, 0.6) is 0 Å². The third kappa shape index (κ3) is 5.44. The Morgan fingerprint density at radius 3 is 2.48 bits per heavy atom. The van der Waals surface area contributed by atoms with E-state index >= 15 is 0 Å². The molecule has 0 bridgehead atoms. The molecule has 2 aromatic rings. The van der Waals surface area contributed by atoms with E-state index < -0.39 is 28.6 Å². The molecule has 7 nitrogen and oxygen atoms in total. The number of hydrogen-bond donors (Lipinski definition) is 1. The van der Waals surface area contributed by atoms with Crippen LogP contribution in [0, 0.1) is 0 Å². The van der Waals surface area contributed by atoms with Gasteiger partial charge in [0.2, 0.25) is 0 Å². The fraction of sp³-hybridized carbons (Fsp3) is 0.333. The summed E-state index contributed by atoms with van der Waals surface area (Å²) in [5.41, 5.74) is -4.95. The summed E-state index contributed by atoms with van der Waals surface area (Å²) in [5.74, 6) is 0.400. The van der Waals surface area contributed by atoms with E-state index in [-0.39, 0.29) is 19.0 Å². The van der Waals surface area contributed by atoms with Crippen LogP contribution < -0.4 is 17.0 Å². The van der Waals surface area contributed by atoms with Gasteiger partial charge in [-0.2, -0.15) is 17.5 Å². The predicted octanol–water partition coefficient (Wildman–Crippen LogP) is -1.52. The van der Waals surface area contributed by atoms with Crippen LogP contribution in [0.4, 0.5) is 13.2 Å². The minimum atomic E-state index is -5.50. The molecule has 12 heteroatoms. The number of benzene rings is 1. The van der Waals surface area contributed by atoms with Gasteiger partial charge in [-0.05, 0) is 5.56 Å². The quantitative estimate of drug-likeness (QED) is 0.253. The molecule has 0 aliphatic heterocycles. The molecule has 0 aliphatic rings. The zero-order valence-corrected chi connectivity index (χ0v) is 15.8. The summed E-state index contributed by atoms with van der Waals surface area (Å²) in [6.07, 6.45) is 4.27. The molecular weight excluding hydrogens is 409 g/mol. The Bertz CT molecular complexity index is 870. The fourth-order valence-corrected chi connectivity index (χ4v) is 3.31. The molecule has 0 saturated heterocycles. The number of imidazole rings is 1. The first-order valence-corrected chi connectivity index (χ1v) is 8.93. The maximum atomic E-state index is 13.0. The van der Waals surface area contributed by atoms with E-state index in [0.717, 1.165) is 6.21 Å². The van der Waals surface area contributed by atoms with Gasteiger partial charge in [0.15, 0.2) is 6.21 Å². The summed E-state index contributed by atoms with van der Waals surface area (Å²) in [7, 11) is -3.84. The summed E-state index contributed by atoms with van der Waals surface area (Å²) in [6, 6.07) is 8.04. The molecule has 1 aromatic carbocycles. The lowest BCUT2D eigenvalue weighted by Gasteiger charge is -2.22. The van der Waals surface area contributed by atoms with Crippen LogP contribution >= 0.6 is 0 Å². The molecule has 0 atom stereocenters. The van der Waals surface area contributed by atoms with Crippen molar-refractivity contribution in [1.29, 1.82) is 0 Å². The van der Waals surface area contributed by atoms with Gasteiger partial charge < -0.3 is 17.6 Å². The van der Waals surface area contributed by atoms with E-state index in [4.69, 9.17) is 5.21 Å². The zero-order valence-electron chi connectivity index (χ0n) is 14.2. The van der Waals surface area contributed by atoms with Gasteiger partial charge in [0, 0.05) is 6.54 Å². The molecule has 0 fully saturated rings. The Morgan fingerprint density at radius 1 is 1.30 bits per heavy atom. The lowest BCUT2D eigenvalue weighted by Crippen LogP contribution is -3.00. The van der Waals surface area contributed by atoms with Crippen molar-refractivity contribution < 1.29 is 43.8 Å². The number of oxime groups is 1. The molecule has 0 amide bonds. The summed E-state index contributed by atoms with van der Waals surface area (Å²) < 4.78 is 66.4. The van der Waals surface area contributed by atoms with Gasteiger partial charge in [-0.15, -0.1) is 0 Å². The van der Waals surface area contributed by atoms with E-state index in [9.17, 15) is 21.6 Å². The lowest BCUT2D eigenvalue weighted by molar-refractivity contribution is -0.671. The van der Waals surface area contributed by atoms with Gasteiger partial charge in [0.05, 0.1) is 13.6 Å². The summed E-state index contributed by atoms with van der Waals surface area (Å²) in [4.78, 5) is 0. The summed E-state index contributed by atoms with van der Waals surface area (Å²) in [6.45, 7) is -0.860. The first kappa shape index (κ1) is 22.9. The van der Waals surface area contributed by atoms with E-state index in [1.54, 1.807) is 54.3 Å². The number of alkyl halides is 3. The molecular formula is C15H18ClF3N4O3S. The summed E-state index contributed by atoms with van der Waals surface area (Å²) in [5, 5.41) is 11.6. The van der Waals surface area contributed by atoms with Crippen molar-refractivity contribution in [3.63, 3.8) is 0 Å². The van der Waals surface area contributed by atoms with E-state index in [0.29, 0.717) is 15.7 Å². The number of aromatic nitrogens is 2. The van der Waals surface area contributed by atoms with Crippen molar-refractivity contribution >= 4 is 16.2 Å². The van der Waals surface area contributed by atoms with Crippen molar-refractivity contribution in [2.45, 2.75) is 18.6 Å². The highest BCUT2D eigenvalue weighted by atomic mass is 35.5. The van der Waals surface area contributed by atoms with Crippen molar-refractivity contribution in [3.05, 3.63) is 54.1 Å². The van der Waals surface area contributed by atoms with Gasteiger partial charge >= 0.3 is 21.4 Å². The molecule has 27 heavy (non-hydrogen) atoms. The Hall–Kier alpha value is -2.11. The van der Waals surface area contributed by atoms with E-state index in [2.05, 4.69) is 5.16 Å². The molecule has 150 valence electrons. The first-order valence-electron chi connectivity index (χ1n) is 7.49. The molecule has 0 saturated carbocycles. The molecule has 1 aromatic heterocycles. The summed E-state index contributed by atoms with van der Waals surface area (Å²) >= 11 is 0. The van der Waals surface area contributed by atoms with Crippen molar-refractivity contribution in [3.8, 4) is 0 Å². The number of sulfonamides is 1. The van der Waals surface area contributed by atoms with Crippen molar-refractivity contribution in [2.75, 3.05) is 6.54 Å². The molecule has 1 heterocycles. The number of nitrogens with zero attached hydrogens (tertiary/aromatic N) is 4. The molecule has 0 spiro atoms. The fourth-order valence-electron chi connectivity index (χ4n) is 2.38. The minimum absolute atomic E-state index is 0. The molecule has 1 N–H and O–H groups in total. The third-order valence-corrected chi connectivity index (χ3v) is 5.30. The highest BCUT2D eigenvalue weighted by molar-refractivity contribution is 7.89. The smallest absolute Gasteiger partial charge is 0.511 e. The average Bonchev–Trinajstić information content (AvgIpc) is 2.92. The van der Waals surface area contributed by atoms with E-state index in [1.165, 1.54) is 4.57 Å². The van der Waals surface area contributed by atoms with Gasteiger partial charge in [0.1, 0.15) is 18.9 Å². The number of aryl methyl sites for hydroxylation is 1. The van der Waals surface area contributed by atoms with Gasteiger partial charge in [-0.3, -0.25) is 0 Å². The van der Waals surface area contributed by atoms with Crippen LogP contribution in [0.3, 0.4) is 0 Å². The first-order chi connectivity index (χ1) is 12.2. The van der Waals surface area contributed by atoms with Gasteiger partial charge in [-0.1, -0.05) is 35.5 Å².